The van der Waals surface area contributed by atoms with Gasteiger partial charge in [-0.05, 0) is 36.4 Å². The monoisotopic (exact) mass is 329 g/mol. The van der Waals surface area contributed by atoms with E-state index in [0.29, 0.717) is 0 Å². The zero-order valence-corrected chi connectivity index (χ0v) is 12.9. The Labute approximate surface area is 126 Å². The predicted octanol–water partition coefficient (Wildman–Crippen LogP) is 4.89. The number of fused-ring (bicyclic) bond motifs is 1. The SMILES string of the molecule is CCNC(c1ccc(Br)cc1)c1cc2ccccc2o1. The Kier molecular flexibility index (Phi) is 3.90. The topological polar surface area (TPSA) is 25.2 Å². The van der Waals surface area contributed by atoms with Crippen LogP contribution in [0.3, 0.4) is 0 Å². The van der Waals surface area contributed by atoms with Gasteiger partial charge in [0.2, 0.25) is 0 Å². The maximum absolute atomic E-state index is 5.99. The van der Waals surface area contributed by atoms with Gasteiger partial charge in [-0.25, -0.2) is 0 Å². The average Bonchev–Trinajstić information content (AvgIpc) is 2.89. The molecular formula is C17H16BrNO. The van der Waals surface area contributed by atoms with Gasteiger partial charge in [-0.1, -0.05) is 53.2 Å². The summed E-state index contributed by atoms with van der Waals surface area (Å²) in [6.07, 6.45) is 0. The highest BCUT2D eigenvalue weighted by molar-refractivity contribution is 9.10. The van der Waals surface area contributed by atoms with Crippen LogP contribution in [-0.2, 0) is 0 Å². The molecule has 3 heteroatoms. The number of hydrogen-bond donors (Lipinski definition) is 1. The van der Waals surface area contributed by atoms with E-state index in [4.69, 9.17) is 4.42 Å². The molecule has 0 radical (unpaired) electrons. The second-order valence-electron chi connectivity index (χ2n) is 4.73. The first-order chi connectivity index (χ1) is 9.78. The van der Waals surface area contributed by atoms with Gasteiger partial charge in [0.25, 0.3) is 0 Å². The minimum Gasteiger partial charge on any atom is -0.459 e. The summed E-state index contributed by atoms with van der Waals surface area (Å²) in [4.78, 5) is 0. The third-order valence-electron chi connectivity index (χ3n) is 3.34. The molecule has 0 aliphatic heterocycles. The first-order valence-electron chi connectivity index (χ1n) is 6.75. The van der Waals surface area contributed by atoms with Crippen LogP contribution in [0.15, 0.2) is 63.5 Å². The minimum absolute atomic E-state index is 0.0838. The van der Waals surface area contributed by atoms with Crippen molar-refractivity contribution >= 4 is 26.9 Å². The molecule has 1 heterocycles. The molecule has 2 nitrogen and oxygen atoms in total. The highest BCUT2D eigenvalue weighted by Gasteiger charge is 2.17. The molecule has 0 saturated carbocycles. The van der Waals surface area contributed by atoms with Crippen molar-refractivity contribution in [2.75, 3.05) is 6.54 Å². The normalized spacial score (nSPS) is 12.7. The van der Waals surface area contributed by atoms with Crippen molar-refractivity contribution < 1.29 is 4.42 Å². The Morgan fingerprint density at radius 1 is 1.10 bits per heavy atom. The second-order valence-corrected chi connectivity index (χ2v) is 5.64. The highest BCUT2D eigenvalue weighted by atomic mass is 79.9. The molecule has 1 atom stereocenters. The third kappa shape index (κ3) is 2.65. The van der Waals surface area contributed by atoms with Crippen molar-refractivity contribution in [2.24, 2.45) is 0 Å². The molecule has 0 aliphatic rings. The van der Waals surface area contributed by atoms with Crippen LogP contribution >= 0.6 is 15.9 Å². The third-order valence-corrected chi connectivity index (χ3v) is 3.87. The molecule has 0 bridgehead atoms. The molecule has 20 heavy (non-hydrogen) atoms. The van der Waals surface area contributed by atoms with Gasteiger partial charge in [0.15, 0.2) is 0 Å². The van der Waals surface area contributed by atoms with E-state index in [1.165, 1.54) is 5.56 Å². The van der Waals surface area contributed by atoms with Gasteiger partial charge < -0.3 is 9.73 Å². The van der Waals surface area contributed by atoms with E-state index < -0.39 is 0 Å². The Balaban J connectivity index is 2.03. The number of furan rings is 1. The summed E-state index contributed by atoms with van der Waals surface area (Å²) < 4.78 is 7.08. The summed E-state index contributed by atoms with van der Waals surface area (Å²) in [6.45, 7) is 2.99. The molecule has 1 unspecified atom stereocenters. The van der Waals surface area contributed by atoms with Gasteiger partial charge in [-0.2, -0.15) is 0 Å². The Bertz CT molecular complexity index is 669. The van der Waals surface area contributed by atoms with Crippen LogP contribution in [0.25, 0.3) is 11.0 Å². The second kappa shape index (κ2) is 5.81. The number of hydrogen-bond acceptors (Lipinski definition) is 2. The lowest BCUT2D eigenvalue weighted by Gasteiger charge is -2.16. The lowest BCUT2D eigenvalue weighted by molar-refractivity contribution is 0.477. The standard InChI is InChI=1S/C17H16BrNO/c1-2-19-17(12-7-9-14(18)10-8-12)16-11-13-5-3-4-6-15(13)20-16/h3-11,17,19H,2H2,1H3. The van der Waals surface area contributed by atoms with Crippen LogP contribution in [0, 0.1) is 0 Å². The minimum atomic E-state index is 0.0838. The number of halogens is 1. The Hall–Kier alpha value is -1.58. The van der Waals surface area contributed by atoms with Crippen LogP contribution in [0.4, 0.5) is 0 Å². The predicted molar refractivity (Wildman–Crippen MR) is 85.9 cm³/mol. The van der Waals surface area contributed by atoms with Crippen molar-refractivity contribution in [2.45, 2.75) is 13.0 Å². The number of benzene rings is 2. The van der Waals surface area contributed by atoms with Crippen molar-refractivity contribution in [1.29, 1.82) is 0 Å². The van der Waals surface area contributed by atoms with Gasteiger partial charge in [-0.15, -0.1) is 0 Å². The molecule has 2 aromatic carbocycles. The van der Waals surface area contributed by atoms with E-state index in [1.54, 1.807) is 0 Å². The molecular weight excluding hydrogens is 314 g/mol. The van der Waals surface area contributed by atoms with Gasteiger partial charge in [0, 0.05) is 9.86 Å². The molecule has 0 aliphatic carbocycles. The summed E-state index contributed by atoms with van der Waals surface area (Å²) >= 11 is 3.47. The van der Waals surface area contributed by atoms with E-state index >= 15 is 0 Å². The molecule has 1 aromatic heterocycles. The lowest BCUT2D eigenvalue weighted by atomic mass is 10.0. The van der Waals surface area contributed by atoms with Gasteiger partial charge in [-0.3, -0.25) is 0 Å². The molecule has 102 valence electrons. The van der Waals surface area contributed by atoms with Gasteiger partial charge in [0.05, 0.1) is 6.04 Å². The number of para-hydroxylation sites is 1. The zero-order valence-electron chi connectivity index (χ0n) is 11.3. The van der Waals surface area contributed by atoms with Crippen LogP contribution in [0.2, 0.25) is 0 Å². The quantitative estimate of drug-likeness (QED) is 0.736. The molecule has 1 N–H and O–H groups in total. The molecule has 3 rings (SSSR count). The van der Waals surface area contributed by atoms with E-state index in [0.717, 1.165) is 27.7 Å². The fourth-order valence-electron chi connectivity index (χ4n) is 2.39. The van der Waals surface area contributed by atoms with Crippen molar-refractivity contribution in [3.8, 4) is 0 Å². The van der Waals surface area contributed by atoms with Gasteiger partial charge >= 0.3 is 0 Å². The lowest BCUT2D eigenvalue weighted by Crippen LogP contribution is -2.21. The van der Waals surface area contributed by atoms with Crippen molar-refractivity contribution in [3.05, 3.63) is 70.4 Å². The first kappa shape index (κ1) is 13.4. The number of nitrogens with one attached hydrogen (secondary N) is 1. The smallest absolute Gasteiger partial charge is 0.134 e. The fourth-order valence-corrected chi connectivity index (χ4v) is 2.65. The zero-order chi connectivity index (χ0) is 13.9. The maximum atomic E-state index is 5.99. The van der Waals surface area contributed by atoms with Crippen LogP contribution in [-0.4, -0.2) is 6.54 Å². The molecule has 0 amide bonds. The molecule has 3 aromatic rings. The Morgan fingerprint density at radius 2 is 1.85 bits per heavy atom. The summed E-state index contributed by atoms with van der Waals surface area (Å²) in [5.41, 5.74) is 2.14. The van der Waals surface area contributed by atoms with Crippen LogP contribution < -0.4 is 5.32 Å². The van der Waals surface area contributed by atoms with E-state index in [-0.39, 0.29) is 6.04 Å². The summed E-state index contributed by atoms with van der Waals surface area (Å²) in [7, 11) is 0. The molecule has 0 fully saturated rings. The first-order valence-corrected chi connectivity index (χ1v) is 7.54. The summed E-state index contributed by atoms with van der Waals surface area (Å²) in [5, 5.41) is 4.63. The summed E-state index contributed by atoms with van der Waals surface area (Å²) in [6, 6.07) is 18.7. The number of rotatable bonds is 4. The van der Waals surface area contributed by atoms with Crippen molar-refractivity contribution in [3.63, 3.8) is 0 Å². The largest absolute Gasteiger partial charge is 0.459 e. The van der Waals surface area contributed by atoms with Crippen LogP contribution in [0.1, 0.15) is 24.3 Å². The van der Waals surface area contributed by atoms with E-state index in [1.807, 2.05) is 18.2 Å². The van der Waals surface area contributed by atoms with E-state index in [9.17, 15) is 0 Å². The molecule has 0 spiro atoms. The van der Waals surface area contributed by atoms with E-state index in [2.05, 4.69) is 64.6 Å². The average molecular weight is 330 g/mol. The van der Waals surface area contributed by atoms with Crippen molar-refractivity contribution in [1.82, 2.24) is 5.32 Å². The fraction of sp³-hybridized carbons (Fsp3) is 0.176. The van der Waals surface area contributed by atoms with Crippen LogP contribution in [0.5, 0.6) is 0 Å². The van der Waals surface area contributed by atoms with Gasteiger partial charge in [0.1, 0.15) is 11.3 Å². The Morgan fingerprint density at radius 3 is 2.55 bits per heavy atom. The summed E-state index contributed by atoms with van der Waals surface area (Å²) in [5.74, 6) is 0.954. The molecule has 0 saturated heterocycles. The highest BCUT2D eigenvalue weighted by Crippen LogP contribution is 2.28. The maximum Gasteiger partial charge on any atom is 0.134 e.